The third-order valence-electron chi connectivity index (χ3n) is 3.31. The first-order chi connectivity index (χ1) is 10.5. The number of rotatable bonds is 6. The smallest absolute Gasteiger partial charge is 0.242 e. The number of benzene rings is 1. The van der Waals surface area contributed by atoms with E-state index in [2.05, 4.69) is 46.5 Å². The first-order valence-corrected chi connectivity index (χ1v) is 7.60. The van der Waals surface area contributed by atoms with E-state index in [1.807, 2.05) is 20.8 Å². The third kappa shape index (κ3) is 3.87. The molecular formula is C17H24N4O. The maximum atomic E-state index is 6.11. The van der Waals surface area contributed by atoms with Gasteiger partial charge >= 0.3 is 0 Å². The molecule has 0 fully saturated rings. The van der Waals surface area contributed by atoms with Crippen molar-refractivity contribution in [3.8, 4) is 5.88 Å². The summed E-state index contributed by atoms with van der Waals surface area (Å²) in [5.74, 6) is 2.01. The molecule has 0 aliphatic heterocycles. The van der Waals surface area contributed by atoms with Crippen molar-refractivity contribution in [2.45, 2.75) is 40.2 Å². The molecule has 118 valence electrons. The molecule has 0 amide bonds. The lowest BCUT2D eigenvalue weighted by atomic mass is 10.1. The van der Waals surface area contributed by atoms with Gasteiger partial charge in [0.05, 0.1) is 6.61 Å². The van der Waals surface area contributed by atoms with Crippen molar-refractivity contribution in [1.29, 1.82) is 0 Å². The molecule has 0 radical (unpaired) electrons. The molecule has 5 nitrogen and oxygen atoms in total. The van der Waals surface area contributed by atoms with Crippen LogP contribution in [0.15, 0.2) is 24.3 Å². The van der Waals surface area contributed by atoms with E-state index in [-0.39, 0.29) is 5.92 Å². The number of nitrogens with one attached hydrogen (secondary N) is 1. The van der Waals surface area contributed by atoms with Crippen LogP contribution in [0.2, 0.25) is 0 Å². The summed E-state index contributed by atoms with van der Waals surface area (Å²) in [5, 5.41) is 3.29. The van der Waals surface area contributed by atoms with Crippen molar-refractivity contribution in [3.63, 3.8) is 0 Å². The Morgan fingerprint density at radius 1 is 1.18 bits per heavy atom. The highest BCUT2D eigenvalue weighted by Crippen LogP contribution is 2.28. The molecule has 5 heteroatoms. The van der Waals surface area contributed by atoms with Crippen LogP contribution in [0.5, 0.6) is 5.88 Å². The molecule has 0 bridgehead atoms. The second-order valence-electron chi connectivity index (χ2n) is 5.58. The van der Waals surface area contributed by atoms with Gasteiger partial charge in [0.2, 0.25) is 5.88 Å². The number of nitrogen functional groups attached to an aromatic ring is 1. The number of hydrogen-bond donors (Lipinski definition) is 2. The number of anilines is 2. The Labute approximate surface area is 131 Å². The molecule has 1 heterocycles. The molecule has 0 saturated heterocycles. The lowest BCUT2D eigenvalue weighted by Gasteiger charge is -2.15. The predicted octanol–water partition coefficient (Wildman–Crippen LogP) is 3.50. The van der Waals surface area contributed by atoms with Crippen LogP contribution in [0.4, 0.5) is 11.5 Å². The molecule has 0 aliphatic rings. The van der Waals surface area contributed by atoms with Crippen LogP contribution in [0.3, 0.4) is 0 Å². The van der Waals surface area contributed by atoms with Crippen LogP contribution >= 0.6 is 0 Å². The zero-order valence-corrected chi connectivity index (χ0v) is 13.7. The first kappa shape index (κ1) is 16.1. The van der Waals surface area contributed by atoms with E-state index in [4.69, 9.17) is 10.5 Å². The molecule has 1 aromatic carbocycles. The number of nitrogens with zero attached hydrogens (tertiary/aromatic N) is 2. The van der Waals surface area contributed by atoms with Gasteiger partial charge in [-0.15, -0.1) is 0 Å². The van der Waals surface area contributed by atoms with Gasteiger partial charge in [-0.05, 0) is 19.4 Å². The highest BCUT2D eigenvalue weighted by atomic mass is 16.5. The van der Waals surface area contributed by atoms with Crippen LogP contribution in [0.25, 0.3) is 0 Å². The molecule has 22 heavy (non-hydrogen) atoms. The number of aromatic nitrogens is 2. The molecule has 0 aliphatic carbocycles. The summed E-state index contributed by atoms with van der Waals surface area (Å²) in [6.45, 7) is 9.26. The zero-order valence-electron chi connectivity index (χ0n) is 13.7. The molecular weight excluding hydrogens is 276 g/mol. The van der Waals surface area contributed by atoms with Crippen molar-refractivity contribution in [1.82, 2.24) is 9.97 Å². The van der Waals surface area contributed by atoms with Gasteiger partial charge in [-0.3, -0.25) is 0 Å². The highest BCUT2D eigenvalue weighted by Gasteiger charge is 2.14. The standard InChI is InChI=1S/C17H24N4O/c1-5-22-17-14(18)16(20-15(21-17)11(2)3)19-10-13-8-6-12(4)7-9-13/h6-9,11H,5,10,18H2,1-4H3,(H,19,20,21). The topological polar surface area (TPSA) is 73.1 Å². The molecule has 2 aromatic rings. The van der Waals surface area contributed by atoms with Crippen molar-refractivity contribution in [2.75, 3.05) is 17.7 Å². The van der Waals surface area contributed by atoms with E-state index in [0.29, 0.717) is 30.5 Å². The van der Waals surface area contributed by atoms with Gasteiger partial charge in [0.25, 0.3) is 0 Å². The van der Waals surface area contributed by atoms with E-state index in [9.17, 15) is 0 Å². The van der Waals surface area contributed by atoms with Gasteiger partial charge in [0, 0.05) is 12.5 Å². The largest absolute Gasteiger partial charge is 0.476 e. The zero-order chi connectivity index (χ0) is 16.1. The normalized spacial score (nSPS) is 10.8. The van der Waals surface area contributed by atoms with Crippen LogP contribution in [-0.2, 0) is 6.54 Å². The molecule has 0 spiro atoms. The van der Waals surface area contributed by atoms with Gasteiger partial charge in [-0.25, -0.2) is 4.98 Å². The van der Waals surface area contributed by atoms with Crippen molar-refractivity contribution < 1.29 is 4.74 Å². The molecule has 2 rings (SSSR count). The van der Waals surface area contributed by atoms with Crippen LogP contribution in [0, 0.1) is 6.92 Å². The summed E-state index contributed by atoms with van der Waals surface area (Å²) in [6.07, 6.45) is 0. The minimum Gasteiger partial charge on any atom is -0.476 e. The molecule has 1 aromatic heterocycles. The van der Waals surface area contributed by atoms with E-state index in [1.165, 1.54) is 11.1 Å². The minimum absolute atomic E-state index is 0.208. The Morgan fingerprint density at radius 3 is 2.45 bits per heavy atom. The first-order valence-electron chi connectivity index (χ1n) is 7.60. The minimum atomic E-state index is 0.208. The molecule has 3 N–H and O–H groups in total. The van der Waals surface area contributed by atoms with E-state index in [0.717, 1.165) is 5.82 Å². The lowest BCUT2D eigenvalue weighted by molar-refractivity contribution is 0.326. The highest BCUT2D eigenvalue weighted by molar-refractivity contribution is 5.67. The summed E-state index contributed by atoms with van der Waals surface area (Å²) in [4.78, 5) is 8.91. The average Bonchev–Trinajstić information content (AvgIpc) is 2.49. The summed E-state index contributed by atoms with van der Waals surface area (Å²) < 4.78 is 5.52. The van der Waals surface area contributed by atoms with E-state index in [1.54, 1.807) is 0 Å². The maximum absolute atomic E-state index is 6.11. The Hall–Kier alpha value is -2.30. The second kappa shape index (κ2) is 7.11. The van der Waals surface area contributed by atoms with Crippen LogP contribution in [0.1, 0.15) is 43.6 Å². The quantitative estimate of drug-likeness (QED) is 0.854. The van der Waals surface area contributed by atoms with Crippen molar-refractivity contribution >= 4 is 11.5 Å². The summed E-state index contributed by atoms with van der Waals surface area (Å²) >= 11 is 0. The summed E-state index contributed by atoms with van der Waals surface area (Å²) in [5.41, 5.74) is 8.99. The fourth-order valence-electron chi connectivity index (χ4n) is 2.00. The predicted molar refractivity (Wildman–Crippen MR) is 90.2 cm³/mol. The Balaban J connectivity index is 2.22. The number of hydrogen-bond acceptors (Lipinski definition) is 5. The van der Waals surface area contributed by atoms with Gasteiger partial charge in [0.1, 0.15) is 11.5 Å². The molecule has 0 unspecified atom stereocenters. The fraction of sp³-hybridized carbons (Fsp3) is 0.412. The van der Waals surface area contributed by atoms with Crippen LogP contribution < -0.4 is 15.8 Å². The van der Waals surface area contributed by atoms with E-state index >= 15 is 0 Å². The van der Waals surface area contributed by atoms with Crippen molar-refractivity contribution in [2.24, 2.45) is 0 Å². The second-order valence-corrected chi connectivity index (χ2v) is 5.58. The number of aryl methyl sites for hydroxylation is 1. The summed E-state index contributed by atoms with van der Waals surface area (Å²) in [7, 11) is 0. The Bertz CT molecular complexity index is 623. The molecule has 0 saturated carbocycles. The van der Waals surface area contributed by atoms with Gasteiger partial charge in [-0.1, -0.05) is 43.7 Å². The van der Waals surface area contributed by atoms with Crippen LogP contribution in [-0.4, -0.2) is 16.6 Å². The number of ether oxygens (including phenoxy) is 1. The summed E-state index contributed by atoms with van der Waals surface area (Å²) in [6, 6.07) is 8.36. The average molecular weight is 300 g/mol. The van der Waals surface area contributed by atoms with Crippen molar-refractivity contribution in [3.05, 3.63) is 41.2 Å². The Morgan fingerprint density at radius 2 is 1.86 bits per heavy atom. The van der Waals surface area contributed by atoms with Gasteiger partial charge < -0.3 is 15.8 Å². The third-order valence-corrected chi connectivity index (χ3v) is 3.31. The monoisotopic (exact) mass is 300 g/mol. The SMILES string of the molecule is CCOc1nc(C(C)C)nc(NCc2ccc(C)cc2)c1N. The molecule has 0 atom stereocenters. The van der Waals surface area contributed by atoms with E-state index < -0.39 is 0 Å². The van der Waals surface area contributed by atoms with Gasteiger partial charge in [0.15, 0.2) is 5.82 Å². The maximum Gasteiger partial charge on any atom is 0.242 e. The number of nitrogens with two attached hydrogens (primary N) is 1. The Kier molecular flexibility index (Phi) is 5.20. The lowest BCUT2D eigenvalue weighted by Crippen LogP contribution is -2.11. The van der Waals surface area contributed by atoms with Gasteiger partial charge in [-0.2, -0.15) is 4.98 Å². The fourth-order valence-corrected chi connectivity index (χ4v) is 2.00.